The normalized spacial score (nSPS) is 11.0. The van der Waals surface area contributed by atoms with E-state index in [1.807, 2.05) is 26.0 Å². The number of carbonyl (C=O) groups excluding carboxylic acids is 1. The number of carbonyl (C=O) groups is 1. The van der Waals surface area contributed by atoms with Crippen LogP contribution in [0.3, 0.4) is 0 Å². The lowest BCUT2D eigenvalue weighted by Gasteiger charge is -2.03. The van der Waals surface area contributed by atoms with Crippen LogP contribution >= 0.6 is 11.3 Å². The van der Waals surface area contributed by atoms with Gasteiger partial charge in [-0.15, -0.1) is 11.3 Å². The molecule has 0 aliphatic rings. The molecule has 6 nitrogen and oxygen atoms in total. The summed E-state index contributed by atoms with van der Waals surface area (Å²) in [6.45, 7) is 4.02. The zero-order valence-corrected chi connectivity index (χ0v) is 12.5. The number of hydrogen-bond donors (Lipinski definition) is 2. The van der Waals surface area contributed by atoms with Gasteiger partial charge in [0, 0.05) is 18.3 Å². The third kappa shape index (κ3) is 2.36. The minimum absolute atomic E-state index is 0.212. The lowest BCUT2D eigenvalue weighted by Crippen LogP contribution is -2.23. The van der Waals surface area contributed by atoms with Gasteiger partial charge in [-0.05, 0) is 26.0 Å². The van der Waals surface area contributed by atoms with Gasteiger partial charge in [-0.1, -0.05) is 5.16 Å². The summed E-state index contributed by atoms with van der Waals surface area (Å²) < 4.78 is 5.97. The molecule has 108 valence electrons. The van der Waals surface area contributed by atoms with E-state index in [0.29, 0.717) is 28.4 Å². The van der Waals surface area contributed by atoms with E-state index in [1.54, 1.807) is 6.20 Å². The zero-order chi connectivity index (χ0) is 15.0. The molecular formula is C14H14N4O2S. The van der Waals surface area contributed by atoms with Crippen molar-refractivity contribution in [3.8, 4) is 0 Å². The van der Waals surface area contributed by atoms with Crippen LogP contribution in [0, 0.1) is 13.8 Å². The molecule has 0 saturated carbocycles. The van der Waals surface area contributed by atoms with Gasteiger partial charge in [-0.2, -0.15) is 0 Å². The Morgan fingerprint density at radius 1 is 1.48 bits per heavy atom. The maximum Gasteiger partial charge on any atom is 0.263 e. The Hall–Kier alpha value is -2.41. The van der Waals surface area contributed by atoms with Gasteiger partial charge >= 0.3 is 0 Å². The van der Waals surface area contributed by atoms with Crippen LogP contribution in [0.25, 0.3) is 10.2 Å². The van der Waals surface area contributed by atoms with Gasteiger partial charge in [0.05, 0.1) is 16.1 Å². The zero-order valence-electron chi connectivity index (χ0n) is 11.6. The van der Waals surface area contributed by atoms with Gasteiger partial charge in [-0.25, -0.2) is 0 Å². The number of aryl methyl sites for hydroxylation is 2. The predicted molar refractivity (Wildman–Crippen MR) is 81.2 cm³/mol. The highest BCUT2D eigenvalue weighted by Gasteiger charge is 2.18. The van der Waals surface area contributed by atoms with E-state index in [1.165, 1.54) is 11.3 Å². The van der Waals surface area contributed by atoms with E-state index in [9.17, 15) is 4.79 Å². The fourth-order valence-corrected chi connectivity index (χ4v) is 3.12. The summed E-state index contributed by atoms with van der Waals surface area (Å²) in [5, 5.41) is 6.71. The quantitative estimate of drug-likeness (QED) is 0.775. The summed E-state index contributed by atoms with van der Waals surface area (Å²) >= 11 is 1.34. The molecule has 3 aromatic rings. The largest absolute Gasteiger partial charge is 0.396 e. The Balaban J connectivity index is 1.83. The summed E-state index contributed by atoms with van der Waals surface area (Å²) in [5.41, 5.74) is 8.77. The van der Waals surface area contributed by atoms with Crippen molar-refractivity contribution in [2.45, 2.75) is 20.4 Å². The molecule has 3 aromatic heterocycles. The Morgan fingerprint density at radius 3 is 2.95 bits per heavy atom. The smallest absolute Gasteiger partial charge is 0.263 e. The molecule has 1 amide bonds. The molecule has 0 aliphatic heterocycles. The summed E-state index contributed by atoms with van der Waals surface area (Å²) in [6, 6.07) is 3.72. The predicted octanol–water partition coefficient (Wildman–Crippen LogP) is 2.41. The van der Waals surface area contributed by atoms with E-state index >= 15 is 0 Å². The van der Waals surface area contributed by atoms with E-state index in [-0.39, 0.29) is 5.91 Å². The number of amides is 1. The molecule has 0 saturated heterocycles. The molecule has 0 aliphatic carbocycles. The minimum atomic E-state index is -0.212. The lowest BCUT2D eigenvalue weighted by molar-refractivity contribution is 0.0955. The monoisotopic (exact) mass is 302 g/mol. The third-order valence-electron chi connectivity index (χ3n) is 3.30. The first-order chi connectivity index (χ1) is 10.1. The van der Waals surface area contributed by atoms with Crippen LogP contribution in [0.1, 0.15) is 26.7 Å². The van der Waals surface area contributed by atoms with Crippen molar-refractivity contribution in [2.75, 3.05) is 5.73 Å². The van der Waals surface area contributed by atoms with Crippen molar-refractivity contribution in [1.82, 2.24) is 15.5 Å². The molecule has 0 fully saturated rings. The molecule has 0 unspecified atom stereocenters. The molecule has 0 bridgehead atoms. The van der Waals surface area contributed by atoms with Crippen LogP contribution in [-0.4, -0.2) is 16.0 Å². The van der Waals surface area contributed by atoms with E-state index in [0.717, 1.165) is 16.0 Å². The second-order valence-corrected chi connectivity index (χ2v) is 5.73. The SMILES string of the molecule is Cc1noc(C)c1CNC(=O)c1sc2cccnc2c1N. The Labute approximate surface area is 125 Å². The summed E-state index contributed by atoms with van der Waals surface area (Å²) in [7, 11) is 0. The summed E-state index contributed by atoms with van der Waals surface area (Å²) in [5.74, 6) is 0.495. The van der Waals surface area contributed by atoms with Crippen LogP contribution in [0.15, 0.2) is 22.9 Å². The van der Waals surface area contributed by atoms with Crippen LogP contribution in [0.4, 0.5) is 5.69 Å². The van der Waals surface area contributed by atoms with Gasteiger partial charge in [0.25, 0.3) is 5.91 Å². The van der Waals surface area contributed by atoms with Crippen molar-refractivity contribution in [1.29, 1.82) is 0 Å². The average Bonchev–Trinajstić information content (AvgIpc) is 2.98. The Morgan fingerprint density at radius 2 is 2.29 bits per heavy atom. The van der Waals surface area contributed by atoms with Crippen LogP contribution in [0.5, 0.6) is 0 Å². The van der Waals surface area contributed by atoms with Crippen molar-refractivity contribution in [2.24, 2.45) is 0 Å². The van der Waals surface area contributed by atoms with E-state index in [2.05, 4.69) is 15.5 Å². The van der Waals surface area contributed by atoms with Crippen LogP contribution in [-0.2, 0) is 6.54 Å². The average molecular weight is 302 g/mol. The number of nitrogens with two attached hydrogens (primary N) is 1. The molecule has 7 heteroatoms. The van der Waals surface area contributed by atoms with E-state index in [4.69, 9.17) is 10.3 Å². The first kappa shape index (κ1) is 13.6. The molecule has 3 heterocycles. The van der Waals surface area contributed by atoms with Gasteiger partial charge < -0.3 is 15.6 Å². The first-order valence-corrected chi connectivity index (χ1v) is 7.22. The van der Waals surface area contributed by atoms with Crippen molar-refractivity contribution < 1.29 is 9.32 Å². The molecule has 0 radical (unpaired) electrons. The van der Waals surface area contributed by atoms with Gasteiger partial charge in [0.2, 0.25) is 0 Å². The molecule has 0 spiro atoms. The van der Waals surface area contributed by atoms with Gasteiger partial charge in [0.15, 0.2) is 0 Å². The number of anilines is 1. The Kier molecular flexibility index (Phi) is 3.34. The van der Waals surface area contributed by atoms with E-state index < -0.39 is 0 Å². The van der Waals surface area contributed by atoms with Crippen LogP contribution < -0.4 is 11.1 Å². The number of nitrogens with zero attached hydrogens (tertiary/aromatic N) is 2. The second kappa shape index (κ2) is 5.17. The molecule has 3 rings (SSSR count). The number of pyridine rings is 1. The summed E-state index contributed by atoms with van der Waals surface area (Å²) in [4.78, 5) is 17.0. The fourth-order valence-electron chi connectivity index (χ4n) is 2.12. The van der Waals surface area contributed by atoms with Crippen molar-refractivity contribution >= 4 is 33.1 Å². The van der Waals surface area contributed by atoms with Crippen molar-refractivity contribution in [3.63, 3.8) is 0 Å². The Bertz CT molecular complexity index is 802. The fraction of sp³-hybridized carbons (Fsp3) is 0.214. The molecule has 21 heavy (non-hydrogen) atoms. The van der Waals surface area contributed by atoms with Gasteiger partial charge in [-0.3, -0.25) is 9.78 Å². The maximum absolute atomic E-state index is 12.3. The lowest BCUT2D eigenvalue weighted by atomic mass is 10.2. The highest BCUT2D eigenvalue weighted by atomic mass is 32.1. The van der Waals surface area contributed by atoms with Crippen molar-refractivity contribution in [3.05, 3.63) is 40.2 Å². The number of nitrogens with one attached hydrogen (secondary N) is 1. The molecular weight excluding hydrogens is 288 g/mol. The number of hydrogen-bond acceptors (Lipinski definition) is 6. The highest BCUT2D eigenvalue weighted by Crippen LogP contribution is 2.31. The maximum atomic E-state index is 12.3. The molecule has 0 atom stereocenters. The first-order valence-electron chi connectivity index (χ1n) is 6.41. The van der Waals surface area contributed by atoms with Crippen LogP contribution in [0.2, 0.25) is 0 Å². The highest BCUT2D eigenvalue weighted by molar-refractivity contribution is 7.21. The standard InChI is InChI=1S/C14H14N4O2S/c1-7-9(8(2)20-18-7)6-17-14(19)13-11(15)12-10(21-13)4-3-5-16-12/h3-5H,6,15H2,1-2H3,(H,17,19). The number of aromatic nitrogens is 2. The summed E-state index contributed by atoms with van der Waals surface area (Å²) in [6.07, 6.45) is 1.66. The number of thiophene rings is 1. The minimum Gasteiger partial charge on any atom is -0.396 e. The third-order valence-corrected chi connectivity index (χ3v) is 4.45. The molecule has 3 N–H and O–H groups in total. The number of fused-ring (bicyclic) bond motifs is 1. The van der Waals surface area contributed by atoms with Gasteiger partial charge in [0.1, 0.15) is 16.2 Å². The molecule has 0 aromatic carbocycles. The second-order valence-electron chi connectivity index (χ2n) is 4.68. The number of nitrogen functional groups attached to an aromatic ring is 1. The topological polar surface area (TPSA) is 94.0 Å². The number of rotatable bonds is 3.